The standard InChI is InChI=1S/C14H24N2/c1-7-13(3,4)11-9-12(16-10-15-11)14(5,6)8-2/h9-10H,7-8H2,1-6H3. The summed E-state index contributed by atoms with van der Waals surface area (Å²) in [5, 5.41) is 0. The predicted molar refractivity (Wildman–Crippen MR) is 68.7 cm³/mol. The minimum atomic E-state index is 0.140. The molecule has 0 radical (unpaired) electrons. The Morgan fingerprint density at radius 1 is 0.875 bits per heavy atom. The fourth-order valence-corrected chi connectivity index (χ4v) is 1.46. The molecule has 2 nitrogen and oxygen atoms in total. The van der Waals surface area contributed by atoms with Crippen molar-refractivity contribution in [1.82, 2.24) is 9.97 Å². The molecule has 16 heavy (non-hydrogen) atoms. The van der Waals surface area contributed by atoms with E-state index in [0.717, 1.165) is 24.2 Å². The monoisotopic (exact) mass is 220 g/mol. The highest BCUT2D eigenvalue weighted by atomic mass is 14.9. The Balaban J connectivity index is 3.14. The maximum absolute atomic E-state index is 4.42. The maximum atomic E-state index is 4.42. The number of rotatable bonds is 4. The van der Waals surface area contributed by atoms with Crippen LogP contribution in [0.5, 0.6) is 0 Å². The van der Waals surface area contributed by atoms with Crippen LogP contribution in [0, 0.1) is 0 Å². The molecule has 2 heteroatoms. The summed E-state index contributed by atoms with van der Waals surface area (Å²) >= 11 is 0. The van der Waals surface area contributed by atoms with E-state index in [4.69, 9.17) is 0 Å². The van der Waals surface area contributed by atoms with E-state index in [0.29, 0.717) is 0 Å². The highest BCUT2D eigenvalue weighted by molar-refractivity contribution is 5.21. The molecule has 0 bridgehead atoms. The van der Waals surface area contributed by atoms with E-state index in [1.807, 2.05) is 0 Å². The molecule has 0 saturated heterocycles. The third kappa shape index (κ3) is 2.60. The van der Waals surface area contributed by atoms with Crippen LogP contribution in [0.3, 0.4) is 0 Å². The summed E-state index contributed by atoms with van der Waals surface area (Å²) in [4.78, 5) is 8.84. The van der Waals surface area contributed by atoms with Crippen LogP contribution in [0.15, 0.2) is 12.4 Å². The zero-order valence-corrected chi connectivity index (χ0v) is 11.5. The molecule has 0 atom stereocenters. The molecule has 1 heterocycles. The predicted octanol–water partition coefficient (Wildman–Crippen LogP) is 3.85. The summed E-state index contributed by atoms with van der Waals surface area (Å²) in [6, 6.07) is 2.17. The highest BCUT2D eigenvalue weighted by Gasteiger charge is 2.24. The van der Waals surface area contributed by atoms with Gasteiger partial charge in [0.15, 0.2) is 0 Å². The van der Waals surface area contributed by atoms with Gasteiger partial charge >= 0.3 is 0 Å². The summed E-state index contributed by atoms with van der Waals surface area (Å²) in [7, 11) is 0. The minimum absolute atomic E-state index is 0.140. The van der Waals surface area contributed by atoms with E-state index in [2.05, 4.69) is 57.6 Å². The largest absolute Gasteiger partial charge is 0.241 e. The van der Waals surface area contributed by atoms with Crippen LogP contribution in [0.25, 0.3) is 0 Å². The fraction of sp³-hybridized carbons (Fsp3) is 0.714. The van der Waals surface area contributed by atoms with Gasteiger partial charge in [0.05, 0.1) is 0 Å². The summed E-state index contributed by atoms with van der Waals surface area (Å²) in [6.07, 6.45) is 3.89. The zero-order valence-electron chi connectivity index (χ0n) is 11.5. The Kier molecular flexibility index (Phi) is 3.72. The molecule has 0 aliphatic carbocycles. The smallest absolute Gasteiger partial charge is 0.115 e. The average Bonchev–Trinajstić information content (AvgIpc) is 2.29. The molecule has 0 aliphatic rings. The van der Waals surface area contributed by atoms with E-state index in [-0.39, 0.29) is 10.8 Å². The first-order valence-corrected chi connectivity index (χ1v) is 6.16. The molecule has 0 amide bonds. The first kappa shape index (κ1) is 13.1. The Morgan fingerprint density at radius 3 is 1.56 bits per heavy atom. The second kappa shape index (κ2) is 4.52. The molecule has 0 unspecified atom stereocenters. The number of hydrogen-bond acceptors (Lipinski definition) is 2. The Hall–Kier alpha value is -0.920. The van der Waals surface area contributed by atoms with Crippen molar-refractivity contribution < 1.29 is 0 Å². The van der Waals surface area contributed by atoms with Gasteiger partial charge in [0.1, 0.15) is 6.33 Å². The lowest BCUT2D eigenvalue weighted by Crippen LogP contribution is -2.22. The molecule has 1 aromatic rings. The van der Waals surface area contributed by atoms with Crippen molar-refractivity contribution >= 4 is 0 Å². The van der Waals surface area contributed by atoms with Gasteiger partial charge in [-0.2, -0.15) is 0 Å². The summed E-state index contributed by atoms with van der Waals surface area (Å²) < 4.78 is 0. The molecular formula is C14H24N2. The van der Waals surface area contributed by atoms with Crippen LogP contribution in [0.1, 0.15) is 65.8 Å². The van der Waals surface area contributed by atoms with Gasteiger partial charge in [-0.3, -0.25) is 0 Å². The lowest BCUT2D eigenvalue weighted by atomic mass is 9.82. The third-order valence-corrected chi connectivity index (χ3v) is 3.82. The maximum Gasteiger partial charge on any atom is 0.115 e. The first-order chi connectivity index (χ1) is 7.33. The Morgan fingerprint density at radius 2 is 1.25 bits per heavy atom. The normalized spacial score (nSPS) is 12.9. The van der Waals surface area contributed by atoms with E-state index in [1.165, 1.54) is 0 Å². The van der Waals surface area contributed by atoms with Crippen molar-refractivity contribution in [3.63, 3.8) is 0 Å². The zero-order chi connectivity index (χ0) is 12.4. The molecule has 90 valence electrons. The van der Waals surface area contributed by atoms with Gasteiger partial charge in [0.25, 0.3) is 0 Å². The van der Waals surface area contributed by atoms with E-state index in [9.17, 15) is 0 Å². The quantitative estimate of drug-likeness (QED) is 0.770. The van der Waals surface area contributed by atoms with E-state index in [1.54, 1.807) is 6.33 Å². The second-order valence-corrected chi connectivity index (χ2v) is 5.76. The molecular weight excluding hydrogens is 196 g/mol. The average molecular weight is 220 g/mol. The number of nitrogens with zero attached hydrogens (tertiary/aromatic N) is 2. The highest BCUT2D eigenvalue weighted by Crippen LogP contribution is 2.29. The SMILES string of the molecule is CCC(C)(C)c1cc(C(C)(C)CC)ncn1. The Bertz CT molecular complexity index is 322. The first-order valence-electron chi connectivity index (χ1n) is 6.16. The molecule has 0 N–H and O–H groups in total. The minimum Gasteiger partial charge on any atom is -0.241 e. The van der Waals surface area contributed by atoms with Gasteiger partial charge in [-0.05, 0) is 18.9 Å². The van der Waals surface area contributed by atoms with Crippen molar-refractivity contribution in [3.05, 3.63) is 23.8 Å². The third-order valence-electron chi connectivity index (χ3n) is 3.82. The van der Waals surface area contributed by atoms with Crippen LogP contribution in [-0.4, -0.2) is 9.97 Å². The molecule has 1 aromatic heterocycles. The number of aromatic nitrogens is 2. The lowest BCUT2D eigenvalue weighted by molar-refractivity contribution is 0.465. The van der Waals surface area contributed by atoms with Crippen LogP contribution < -0.4 is 0 Å². The fourth-order valence-electron chi connectivity index (χ4n) is 1.46. The van der Waals surface area contributed by atoms with Crippen LogP contribution in [-0.2, 0) is 10.8 Å². The molecule has 0 spiro atoms. The van der Waals surface area contributed by atoms with Crippen LogP contribution in [0.2, 0.25) is 0 Å². The van der Waals surface area contributed by atoms with Gasteiger partial charge in [-0.25, -0.2) is 9.97 Å². The molecule has 0 fully saturated rings. The lowest BCUT2D eigenvalue weighted by Gasteiger charge is -2.26. The van der Waals surface area contributed by atoms with Gasteiger partial charge in [-0.15, -0.1) is 0 Å². The van der Waals surface area contributed by atoms with Crippen molar-refractivity contribution in [2.45, 2.75) is 65.2 Å². The van der Waals surface area contributed by atoms with Gasteiger partial charge in [0.2, 0.25) is 0 Å². The van der Waals surface area contributed by atoms with Gasteiger partial charge in [0, 0.05) is 22.2 Å². The molecule has 0 aliphatic heterocycles. The van der Waals surface area contributed by atoms with Crippen molar-refractivity contribution in [2.24, 2.45) is 0 Å². The Labute approximate surface area is 99.5 Å². The van der Waals surface area contributed by atoms with E-state index < -0.39 is 0 Å². The van der Waals surface area contributed by atoms with Crippen molar-refractivity contribution in [1.29, 1.82) is 0 Å². The second-order valence-electron chi connectivity index (χ2n) is 5.76. The van der Waals surface area contributed by atoms with Gasteiger partial charge < -0.3 is 0 Å². The van der Waals surface area contributed by atoms with Crippen LogP contribution >= 0.6 is 0 Å². The van der Waals surface area contributed by atoms with Crippen LogP contribution in [0.4, 0.5) is 0 Å². The summed E-state index contributed by atoms with van der Waals surface area (Å²) in [6.45, 7) is 13.3. The number of hydrogen-bond donors (Lipinski definition) is 0. The topological polar surface area (TPSA) is 25.8 Å². The van der Waals surface area contributed by atoms with E-state index >= 15 is 0 Å². The van der Waals surface area contributed by atoms with Gasteiger partial charge in [-0.1, -0.05) is 41.5 Å². The molecule has 1 rings (SSSR count). The van der Waals surface area contributed by atoms with Crippen molar-refractivity contribution in [2.75, 3.05) is 0 Å². The molecule has 0 saturated carbocycles. The van der Waals surface area contributed by atoms with Crippen molar-refractivity contribution in [3.8, 4) is 0 Å². The molecule has 0 aromatic carbocycles. The summed E-state index contributed by atoms with van der Waals surface area (Å²) in [5.74, 6) is 0. The summed E-state index contributed by atoms with van der Waals surface area (Å²) in [5.41, 5.74) is 2.59.